The highest BCUT2D eigenvalue weighted by atomic mass is 16.7. The SMILES string of the molecule is NC(Cc1ccc2c(c1)OCO2)C1CCCC1. The van der Waals surface area contributed by atoms with Crippen LogP contribution < -0.4 is 15.2 Å². The summed E-state index contributed by atoms with van der Waals surface area (Å²) in [7, 11) is 0. The first-order valence-electron chi connectivity index (χ1n) is 6.47. The fourth-order valence-electron chi connectivity index (χ4n) is 2.89. The summed E-state index contributed by atoms with van der Waals surface area (Å²) in [5.41, 5.74) is 7.54. The van der Waals surface area contributed by atoms with Gasteiger partial charge >= 0.3 is 0 Å². The Hall–Kier alpha value is -1.22. The van der Waals surface area contributed by atoms with Crippen molar-refractivity contribution in [3.8, 4) is 11.5 Å². The lowest BCUT2D eigenvalue weighted by molar-refractivity contribution is 0.174. The van der Waals surface area contributed by atoms with Crippen LogP contribution in [0.3, 0.4) is 0 Å². The molecule has 1 unspecified atom stereocenters. The molecule has 1 aromatic carbocycles. The molecule has 0 amide bonds. The van der Waals surface area contributed by atoms with Crippen molar-refractivity contribution in [2.24, 2.45) is 11.7 Å². The van der Waals surface area contributed by atoms with E-state index in [-0.39, 0.29) is 6.04 Å². The van der Waals surface area contributed by atoms with Gasteiger partial charge in [0.2, 0.25) is 6.79 Å². The molecule has 2 aliphatic rings. The van der Waals surface area contributed by atoms with Crippen LogP contribution in [0.25, 0.3) is 0 Å². The highest BCUT2D eigenvalue weighted by Gasteiger charge is 2.22. The third-order valence-corrected chi connectivity index (χ3v) is 3.91. The first-order chi connectivity index (χ1) is 8.33. The molecule has 0 spiro atoms. The van der Waals surface area contributed by atoms with Gasteiger partial charge in [0.25, 0.3) is 0 Å². The maximum atomic E-state index is 6.28. The van der Waals surface area contributed by atoms with Crippen LogP contribution in [0.1, 0.15) is 31.2 Å². The van der Waals surface area contributed by atoms with Crippen LogP contribution in [0, 0.1) is 5.92 Å². The summed E-state index contributed by atoms with van der Waals surface area (Å²) in [6.45, 7) is 0.341. The third-order valence-electron chi connectivity index (χ3n) is 3.91. The monoisotopic (exact) mass is 233 g/mol. The van der Waals surface area contributed by atoms with Crippen molar-refractivity contribution < 1.29 is 9.47 Å². The van der Waals surface area contributed by atoms with E-state index in [2.05, 4.69) is 12.1 Å². The lowest BCUT2D eigenvalue weighted by Crippen LogP contribution is -2.30. The Bertz CT molecular complexity index is 399. The molecule has 3 heteroatoms. The Morgan fingerprint density at radius 3 is 2.76 bits per heavy atom. The van der Waals surface area contributed by atoms with Gasteiger partial charge in [-0.15, -0.1) is 0 Å². The first kappa shape index (κ1) is 10.9. The molecule has 92 valence electrons. The van der Waals surface area contributed by atoms with Crippen molar-refractivity contribution in [3.63, 3.8) is 0 Å². The molecule has 0 bridgehead atoms. The average Bonchev–Trinajstić information content (AvgIpc) is 2.99. The molecule has 1 heterocycles. The number of ether oxygens (including phenoxy) is 2. The summed E-state index contributed by atoms with van der Waals surface area (Å²) in [5, 5.41) is 0. The maximum Gasteiger partial charge on any atom is 0.231 e. The second-order valence-electron chi connectivity index (χ2n) is 5.10. The first-order valence-corrected chi connectivity index (χ1v) is 6.47. The van der Waals surface area contributed by atoms with E-state index in [4.69, 9.17) is 15.2 Å². The van der Waals surface area contributed by atoms with Gasteiger partial charge in [0.05, 0.1) is 0 Å². The van der Waals surface area contributed by atoms with Crippen LogP contribution in [0.5, 0.6) is 11.5 Å². The van der Waals surface area contributed by atoms with Crippen LogP contribution in [-0.4, -0.2) is 12.8 Å². The van der Waals surface area contributed by atoms with Crippen LogP contribution in [-0.2, 0) is 6.42 Å². The van der Waals surface area contributed by atoms with Gasteiger partial charge in [-0.25, -0.2) is 0 Å². The molecule has 17 heavy (non-hydrogen) atoms. The summed E-state index contributed by atoms with van der Waals surface area (Å²) < 4.78 is 10.7. The lowest BCUT2D eigenvalue weighted by atomic mass is 9.93. The summed E-state index contributed by atoms with van der Waals surface area (Å²) in [6, 6.07) is 6.44. The molecule has 3 rings (SSSR count). The fraction of sp³-hybridized carbons (Fsp3) is 0.571. The quantitative estimate of drug-likeness (QED) is 0.872. The van der Waals surface area contributed by atoms with Gasteiger partial charge in [-0.1, -0.05) is 18.9 Å². The molecule has 1 aliphatic heterocycles. The predicted octanol–water partition coefficient (Wildman–Crippen LogP) is 2.48. The van der Waals surface area contributed by atoms with E-state index in [1.54, 1.807) is 0 Å². The Balaban J connectivity index is 1.68. The zero-order chi connectivity index (χ0) is 11.7. The van der Waals surface area contributed by atoms with Crippen molar-refractivity contribution in [1.82, 2.24) is 0 Å². The molecule has 2 N–H and O–H groups in total. The summed E-state index contributed by atoms with van der Waals surface area (Å²) in [6.07, 6.45) is 6.23. The fourth-order valence-corrected chi connectivity index (χ4v) is 2.89. The Morgan fingerprint density at radius 1 is 1.18 bits per heavy atom. The van der Waals surface area contributed by atoms with Gasteiger partial charge in [-0.05, 0) is 42.9 Å². The number of nitrogens with two attached hydrogens (primary N) is 1. The van der Waals surface area contributed by atoms with E-state index in [9.17, 15) is 0 Å². The normalized spacial score (nSPS) is 20.8. The summed E-state index contributed by atoms with van der Waals surface area (Å²) in [5.74, 6) is 2.42. The van der Waals surface area contributed by atoms with Crippen LogP contribution in [0.4, 0.5) is 0 Å². The van der Waals surface area contributed by atoms with E-state index in [1.165, 1.54) is 31.2 Å². The van der Waals surface area contributed by atoms with Gasteiger partial charge < -0.3 is 15.2 Å². The van der Waals surface area contributed by atoms with Crippen molar-refractivity contribution >= 4 is 0 Å². The molecule has 0 aromatic heterocycles. The molecule has 0 saturated heterocycles. The van der Waals surface area contributed by atoms with E-state index in [0.29, 0.717) is 12.7 Å². The summed E-state index contributed by atoms with van der Waals surface area (Å²) >= 11 is 0. The van der Waals surface area contributed by atoms with Crippen LogP contribution in [0.2, 0.25) is 0 Å². The van der Waals surface area contributed by atoms with Crippen molar-refractivity contribution in [3.05, 3.63) is 23.8 Å². The maximum absolute atomic E-state index is 6.28. The smallest absolute Gasteiger partial charge is 0.231 e. The molecular weight excluding hydrogens is 214 g/mol. The number of benzene rings is 1. The Morgan fingerprint density at radius 2 is 1.94 bits per heavy atom. The number of hydrogen-bond acceptors (Lipinski definition) is 3. The summed E-state index contributed by atoms with van der Waals surface area (Å²) in [4.78, 5) is 0. The average molecular weight is 233 g/mol. The molecule has 1 saturated carbocycles. The molecular formula is C14H19NO2. The van der Waals surface area contributed by atoms with Crippen molar-refractivity contribution in [1.29, 1.82) is 0 Å². The Labute approximate surface area is 102 Å². The topological polar surface area (TPSA) is 44.5 Å². The van der Waals surface area contributed by atoms with E-state index in [0.717, 1.165) is 17.9 Å². The minimum absolute atomic E-state index is 0.290. The van der Waals surface area contributed by atoms with Crippen molar-refractivity contribution in [2.75, 3.05) is 6.79 Å². The second-order valence-corrected chi connectivity index (χ2v) is 5.10. The van der Waals surface area contributed by atoms with Gasteiger partial charge in [-0.3, -0.25) is 0 Å². The van der Waals surface area contributed by atoms with Gasteiger partial charge in [0.1, 0.15) is 0 Å². The molecule has 3 nitrogen and oxygen atoms in total. The minimum Gasteiger partial charge on any atom is -0.454 e. The highest BCUT2D eigenvalue weighted by Crippen LogP contribution is 2.34. The number of hydrogen-bond donors (Lipinski definition) is 1. The zero-order valence-corrected chi connectivity index (χ0v) is 10.0. The molecule has 1 aromatic rings. The predicted molar refractivity (Wildman–Crippen MR) is 66.2 cm³/mol. The standard InChI is InChI=1S/C14H19NO2/c15-12(11-3-1-2-4-11)7-10-5-6-13-14(8-10)17-9-16-13/h5-6,8,11-12H,1-4,7,9,15H2. The molecule has 1 aliphatic carbocycles. The van der Waals surface area contributed by atoms with E-state index < -0.39 is 0 Å². The highest BCUT2D eigenvalue weighted by molar-refractivity contribution is 5.44. The van der Waals surface area contributed by atoms with E-state index in [1.807, 2.05) is 6.07 Å². The lowest BCUT2D eigenvalue weighted by Gasteiger charge is -2.18. The molecule has 1 fully saturated rings. The van der Waals surface area contributed by atoms with Crippen molar-refractivity contribution in [2.45, 2.75) is 38.1 Å². The zero-order valence-electron chi connectivity index (χ0n) is 10.0. The van der Waals surface area contributed by atoms with E-state index >= 15 is 0 Å². The number of rotatable bonds is 3. The van der Waals surface area contributed by atoms with Gasteiger partial charge in [0, 0.05) is 6.04 Å². The largest absolute Gasteiger partial charge is 0.454 e. The molecule has 0 radical (unpaired) electrons. The van der Waals surface area contributed by atoms with Gasteiger partial charge in [-0.2, -0.15) is 0 Å². The third kappa shape index (κ3) is 2.25. The number of fused-ring (bicyclic) bond motifs is 1. The second kappa shape index (κ2) is 4.57. The Kier molecular flexibility index (Phi) is 2.93. The van der Waals surface area contributed by atoms with Crippen LogP contribution in [0.15, 0.2) is 18.2 Å². The minimum atomic E-state index is 0.290. The van der Waals surface area contributed by atoms with Gasteiger partial charge in [0.15, 0.2) is 11.5 Å². The van der Waals surface area contributed by atoms with Crippen LogP contribution >= 0.6 is 0 Å². The molecule has 1 atom stereocenters.